The van der Waals surface area contributed by atoms with Gasteiger partial charge in [0.1, 0.15) is 5.82 Å². The van der Waals surface area contributed by atoms with Crippen LogP contribution < -0.4 is 15.5 Å². The zero-order chi connectivity index (χ0) is 18.0. The maximum absolute atomic E-state index is 12.7. The number of carbonyl (C=O) groups is 1. The van der Waals surface area contributed by atoms with Crippen LogP contribution in [-0.4, -0.2) is 53.4 Å². The molecule has 0 spiro atoms. The van der Waals surface area contributed by atoms with Gasteiger partial charge in [-0.1, -0.05) is 13.8 Å². The quantitative estimate of drug-likeness (QED) is 0.861. The third kappa shape index (κ3) is 3.92. The molecule has 136 valence electrons. The number of aryl methyl sites for hydroxylation is 1. The van der Waals surface area contributed by atoms with E-state index in [0.717, 1.165) is 49.3 Å². The van der Waals surface area contributed by atoms with Crippen molar-refractivity contribution < 1.29 is 4.79 Å². The van der Waals surface area contributed by atoms with E-state index in [1.54, 1.807) is 4.68 Å². The number of pyridine rings is 1. The van der Waals surface area contributed by atoms with Gasteiger partial charge in [-0.3, -0.25) is 4.79 Å². The summed E-state index contributed by atoms with van der Waals surface area (Å²) in [6.07, 6.45) is 1.91. The van der Waals surface area contributed by atoms with E-state index in [-0.39, 0.29) is 11.9 Å². The van der Waals surface area contributed by atoms with Crippen LogP contribution in [-0.2, 0) is 7.05 Å². The number of hydrogen-bond acceptors (Lipinski definition) is 5. The Morgan fingerprint density at radius 3 is 2.80 bits per heavy atom. The van der Waals surface area contributed by atoms with E-state index < -0.39 is 0 Å². The molecule has 2 N–H and O–H groups in total. The van der Waals surface area contributed by atoms with Crippen LogP contribution in [0, 0.1) is 5.92 Å². The summed E-state index contributed by atoms with van der Waals surface area (Å²) in [6, 6.07) is 4.14. The van der Waals surface area contributed by atoms with Crippen molar-refractivity contribution in [3.05, 3.63) is 17.8 Å². The standard InChI is InChI=1S/C18H28N6O/c1-12(2)11-23(3)15-6-5-14-16(22-24(4)17(14)21-15)18(25)20-13-7-9-19-10-8-13/h5-6,12-13,19H,7-11H2,1-4H3,(H,20,25). The Hall–Kier alpha value is -2.15. The van der Waals surface area contributed by atoms with Crippen molar-refractivity contribution in [2.45, 2.75) is 32.7 Å². The van der Waals surface area contributed by atoms with Crippen LogP contribution >= 0.6 is 0 Å². The molecule has 0 aliphatic carbocycles. The average molecular weight is 344 g/mol. The molecule has 2 aromatic heterocycles. The second-order valence-corrected chi connectivity index (χ2v) is 7.28. The van der Waals surface area contributed by atoms with Crippen molar-refractivity contribution in [2.75, 3.05) is 31.6 Å². The number of fused-ring (bicyclic) bond motifs is 1. The van der Waals surface area contributed by atoms with E-state index in [2.05, 4.69) is 34.5 Å². The highest BCUT2D eigenvalue weighted by Crippen LogP contribution is 2.21. The molecule has 1 amide bonds. The molecule has 3 rings (SSSR count). The molecular formula is C18H28N6O. The Bertz CT molecular complexity index is 747. The fraction of sp³-hybridized carbons (Fsp3) is 0.611. The number of carbonyl (C=O) groups excluding carboxylic acids is 1. The van der Waals surface area contributed by atoms with Crippen molar-refractivity contribution >= 4 is 22.8 Å². The van der Waals surface area contributed by atoms with Gasteiger partial charge in [-0.2, -0.15) is 5.10 Å². The molecule has 7 nitrogen and oxygen atoms in total. The third-order valence-corrected chi connectivity index (χ3v) is 4.59. The molecule has 0 unspecified atom stereocenters. The van der Waals surface area contributed by atoms with E-state index in [4.69, 9.17) is 4.98 Å². The maximum atomic E-state index is 12.7. The molecule has 0 atom stereocenters. The van der Waals surface area contributed by atoms with Gasteiger partial charge in [0.2, 0.25) is 0 Å². The highest BCUT2D eigenvalue weighted by atomic mass is 16.2. The lowest BCUT2D eigenvalue weighted by Gasteiger charge is -2.23. The lowest BCUT2D eigenvalue weighted by molar-refractivity contribution is 0.0925. The monoisotopic (exact) mass is 344 g/mol. The summed E-state index contributed by atoms with van der Waals surface area (Å²) in [7, 11) is 3.87. The molecule has 1 fully saturated rings. The van der Waals surface area contributed by atoms with E-state index in [9.17, 15) is 4.79 Å². The second kappa shape index (κ2) is 7.39. The Morgan fingerprint density at radius 1 is 1.40 bits per heavy atom. The fourth-order valence-electron chi connectivity index (χ4n) is 3.36. The Labute approximate surface area is 148 Å². The van der Waals surface area contributed by atoms with Gasteiger partial charge < -0.3 is 15.5 Å². The van der Waals surface area contributed by atoms with Crippen LogP contribution in [0.2, 0.25) is 0 Å². The van der Waals surface area contributed by atoms with Crippen LogP contribution in [0.5, 0.6) is 0 Å². The summed E-state index contributed by atoms with van der Waals surface area (Å²) in [5, 5.41) is 11.6. The minimum Gasteiger partial charge on any atom is -0.359 e. The first kappa shape index (κ1) is 17.7. The summed E-state index contributed by atoms with van der Waals surface area (Å²) >= 11 is 0. The first-order valence-corrected chi connectivity index (χ1v) is 9.02. The van der Waals surface area contributed by atoms with Crippen LogP contribution in [0.25, 0.3) is 11.0 Å². The Morgan fingerprint density at radius 2 is 2.12 bits per heavy atom. The van der Waals surface area contributed by atoms with E-state index in [1.165, 1.54) is 0 Å². The van der Waals surface area contributed by atoms with E-state index in [1.807, 2.05) is 26.2 Å². The number of rotatable bonds is 5. The predicted molar refractivity (Wildman–Crippen MR) is 100.0 cm³/mol. The van der Waals surface area contributed by atoms with Crippen LogP contribution in [0.1, 0.15) is 37.2 Å². The lowest BCUT2D eigenvalue weighted by Crippen LogP contribution is -2.42. The van der Waals surface area contributed by atoms with Gasteiger partial charge >= 0.3 is 0 Å². The SMILES string of the molecule is CC(C)CN(C)c1ccc2c(C(=O)NC3CCNCC3)nn(C)c2n1. The molecule has 0 saturated carbocycles. The number of hydrogen-bond donors (Lipinski definition) is 2. The number of amides is 1. The molecule has 0 bridgehead atoms. The summed E-state index contributed by atoms with van der Waals surface area (Å²) in [4.78, 5) is 19.5. The molecule has 1 saturated heterocycles. The lowest BCUT2D eigenvalue weighted by atomic mass is 10.1. The van der Waals surface area contributed by atoms with Gasteiger partial charge in [-0.25, -0.2) is 9.67 Å². The van der Waals surface area contributed by atoms with Crippen LogP contribution in [0.3, 0.4) is 0 Å². The molecule has 1 aliphatic rings. The first-order valence-electron chi connectivity index (χ1n) is 9.02. The third-order valence-electron chi connectivity index (χ3n) is 4.59. The Balaban J connectivity index is 1.83. The fourth-order valence-corrected chi connectivity index (χ4v) is 3.36. The topological polar surface area (TPSA) is 75.1 Å². The molecule has 0 aromatic carbocycles. The minimum atomic E-state index is -0.109. The minimum absolute atomic E-state index is 0.109. The summed E-state index contributed by atoms with van der Waals surface area (Å²) in [5.74, 6) is 1.34. The van der Waals surface area contributed by atoms with Gasteiger partial charge in [-0.15, -0.1) is 0 Å². The van der Waals surface area contributed by atoms with Gasteiger partial charge in [0.15, 0.2) is 11.3 Å². The molecule has 2 aromatic rings. The van der Waals surface area contributed by atoms with Crippen molar-refractivity contribution in [1.82, 2.24) is 25.4 Å². The van der Waals surface area contributed by atoms with Crippen molar-refractivity contribution in [3.8, 4) is 0 Å². The molecule has 7 heteroatoms. The number of aromatic nitrogens is 3. The largest absolute Gasteiger partial charge is 0.359 e. The van der Waals surface area contributed by atoms with Crippen molar-refractivity contribution in [2.24, 2.45) is 13.0 Å². The Kier molecular flexibility index (Phi) is 5.22. The zero-order valence-electron chi connectivity index (χ0n) is 15.5. The average Bonchev–Trinajstić information content (AvgIpc) is 2.92. The smallest absolute Gasteiger partial charge is 0.272 e. The van der Waals surface area contributed by atoms with Crippen LogP contribution in [0.4, 0.5) is 5.82 Å². The van der Waals surface area contributed by atoms with Crippen LogP contribution in [0.15, 0.2) is 12.1 Å². The highest BCUT2D eigenvalue weighted by molar-refractivity contribution is 6.04. The molecule has 25 heavy (non-hydrogen) atoms. The van der Waals surface area contributed by atoms with Gasteiger partial charge in [0.05, 0.1) is 5.39 Å². The number of anilines is 1. The number of nitrogens with one attached hydrogen (secondary N) is 2. The summed E-state index contributed by atoms with van der Waals surface area (Å²) in [5.41, 5.74) is 1.20. The molecular weight excluding hydrogens is 316 g/mol. The van der Waals surface area contributed by atoms with Gasteiger partial charge in [0.25, 0.3) is 5.91 Å². The van der Waals surface area contributed by atoms with Gasteiger partial charge in [0, 0.05) is 26.7 Å². The highest BCUT2D eigenvalue weighted by Gasteiger charge is 2.22. The van der Waals surface area contributed by atoms with Crippen molar-refractivity contribution in [3.63, 3.8) is 0 Å². The predicted octanol–water partition coefficient (Wildman–Crippen LogP) is 1.54. The summed E-state index contributed by atoms with van der Waals surface area (Å²) < 4.78 is 1.69. The second-order valence-electron chi connectivity index (χ2n) is 7.28. The zero-order valence-corrected chi connectivity index (χ0v) is 15.5. The van der Waals surface area contributed by atoms with E-state index >= 15 is 0 Å². The van der Waals surface area contributed by atoms with Crippen molar-refractivity contribution in [1.29, 1.82) is 0 Å². The number of nitrogens with zero attached hydrogens (tertiary/aromatic N) is 4. The maximum Gasteiger partial charge on any atom is 0.272 e. The van der Waals surface area contributed by atoms with E-state index in [0.29, 0.717) is 11.6 Å². The summed E-state index contributed by atoms with van der Waals surface area (Å²) in [6.45, 7) is 7.19. The molecule has 0 radical (unpaired) electrons. The molecule has 1 aliphatic heterocycles. The number of piperidine rings is 1. The normalized spacial score (nSPS) is 15.7. The van der Waals surface area contributed by atoms with Gasteiger partial charge in [-0.05, 0) is 44.0 Å². The first-order chi connectivity index (χ1) is 12.0. The molecule has 3 heterocycles.